The number of nitrogens with zero attached hydrogens (tertiary/aromatic N) is 6. The first-order valence-electron chi connectivity index (χ1n) is 10.6. The molecular weight excluding hydrogens is 390 g/mol. The van der Waals surface area contributed by atoms with Crippen molar-refractivity contribution < 1.29 is 4.79 Å². The number of aromatic nitrogens is 2. The second-order valence-corrected chi connectivity index (χ2v) is 8.34. The summed E-state index contributed by atoms with van der Waals surface area (Å²) in [4.78, 5) is 20.8. The number of amides is 1. The number of carbonyl (C=O) groups is 1. The van der Waals surface area contributed by atoms with Crippen LogP contribution < -0.4 is 10.6 Å². The van der Waals surface area contributed by atoms with Crippen molar-refractivity contribution in [2.24, 2.45) is 11.7 Å². The summed E-state index contributed by atoms with van der Waals surface area (Å²) in [5.41, 5.74) is 10.7. The molecule has 2 aliphatic heterocycles. The van der Waals surface area contributed by atoms with Gasteiger partial charge in [0.1, 0.15) is 11.9 Å². The van der Waals surface area contributed by atoms with E-state index in [-0.39, 0.29) is 18.4 Å². The molecule has 2 aliphatic rings. The molecule has 3 aromatic rings. The highest BCUT2D eigenvalue weighted by atomic mass is 16.1. The van der Waals surface area contributed by atoms with Gasteiger partial charge in [0.05, 0.1) is 29.2 Å². The Morgan fingerprint density at radius 3 is 2.65 bits per heavy atom. The van der Waals surface area contributed by atoms with Crippen molar-refractivity contribution in [1.82, 2.24) is 14.3 Å². The highest BCUT2D eigenvalue weighted by molar-refractivity contribution is 5.86. The average Bonchev–Trinajstić information content (AvgIpc) is 3.16. The summed E-state index contributed by atoms with van der Waals surface area (Å²) < 4.78 is 2.10. The Labute approximate surface area is 180 Å². The van der Waals surface area contributed by atoms with E-state index in [4.69, 9.17) is 10.7 Å². The fourth-order valence-corrected chi connectivity index (χ4v) is 5.00. The summed E-state index contributed by atoms with van der Waals surface area (Å²) in [7, 11) is 0. The molecule has 1 saturated heterocycles. The fourth-order valence-electron chi connectivity index (χ4n) is 5.00. The molecule has 0 radical (unpaired) electrons. The number of hydrogen-bond donors (Lipinski definition) is 1. The number of carbonyl (C=O) groups excluding carboxylic acids is 1. The smallest absolute Gasteiger partial charge is 0.231 e. The zero-order valence-electron chi connectivity index (χ0n) is 17.2. The first-order chi connectivity index (χ1) is 15.1. The van der Waals surface area contributed by atoms with Crippen LogP contribution in [0.1, 0.15) is 29.5 Å². The third-order valence-electron chi connectivity index (χ3n) is 6.46. The van der Waals surface area contributed by atoms with E-state index < -0.39 is 0 Å². The Balaban J connectivity index is 1.77. The van der Waals surface area contributed by atoms with Crippen molar-refractivity contribution in [3.05, 3.63) is 41.0 Å². The summed E-state index contributed by atoms with van der Waals surface area (Å²) in [5.74, 6) is 0.754. The first kappa shape index (κ1) is 19.3. The summed E-state index contributed by atoms with van der Waals surface area (Å²) in [6, 6.07) is 12.7. The molecule has 1 amide bonds. The van der Waals surface area contributed by atoms with Gasteiger partial charge in [-0.3, -0.25) is 14.1 Å². The summed E-state index contributed by atoms with van der Waals surface area (Å²) in [6.07, 6.45) is 2.29. The molecule has 8 heteroatoms. The predicted octanol–water partition coefficient (Wildman–Crippen LogP) is 1.94. The Morgan fingerprint density at radius 2 is 1.94 bits per heavy atom. The van der Waals surface area contributed by atoms with E-state index in [9.17, 15) is 15.3 Å². The molecule has 0 spiro atoms. The summed E-state index contributed by atoms with van der Waals surface area (Å²) >= 11 is 0. The van der Waals surface area contributed by atoms with Gasteiger partial charge in [-0.25, -0.2) is 4.98 Å². The molecule has 31 heavy (non-hydrogen) atoms. The van der Waals surface area contributed by atoms with Gasteiger partial charge in [0, 0.05) is 37.7 Å². The molecule has 2 aromatic heterocycles. The quantitative estimate of drug-likeness (QED) is 0.702. The molecule has 8 nitrogen and oxygen atoms in total. The molecule has 2 N–H and O–H groups in total. The van der Waals surface area contributed by atoms with Gasteiger partial charge >= 0.3 is 0 Å². The number of para-hydroxylation sites is 2. The second kappa shape index (κ2) is 7.57. The minimum absolute atomic E-state index is 0.0758. The zero-order valence-corrected chi connectivity index (χ0v) is 17.2. The molecule has 4 heterocycles. The number of hydrogen-bond acceptors (Lipinski definition) is 6. The lowest BCUT2D eigenvalue weighted by Crippen LogP contribution is -2.40. The van der Waals surface area contributed by atoms with Crippen LogP contribution in [-0.4, -0.2) is 46.4 Å². The van der Waals surface area contributed by atoms with E-state index in [0.29, 0.717) is 30.7 Å². The number of fused-ring (bicyclic) bond motifs is 4. The van der Waals surface area contributed by atoms with Gasteiger partial charge in [-0.15, -0.1) is 0 Å². The number of nitrogens with two attached hydrogens (primary N) is 1. The number of pyridine rings is 1. The van der Waals surface area contributed by atoms with Crippen LogP contribution in [0.3, 0.4) is 0 Å². The molecule has 0 aliphatic carbocycles. The van der Waals surface area contributed by atoms with Crippen LogP contribution in [0.25, 0.3) is 16.7 Å². The van der Waals surface area contributed by atoms with Crippen molar-refractivity contribution in [3.8, 4) is 12.1 Å². The molecular formula is C23H23N7O. The number of nitriles is 2. The van der Waals surface area contributed by atoms with Crippen molar-refractivity contribution >= 4 is 28.4 Å². The molecule has 0 bridgehead atoms. The largest absolute Gasteiger partial charge is 0.369 e. The number of primary amides is 1. The van der Waals surface area contributed by atoms with Crippen LogP contribution in [0, 0.1) is 28.6 Å². The van der Waals surface area contributed by atoms with Crippen molar-refractivity contribution in [3.63, 3.8) is 0 Å². The van der Waals surface area contributed by atoms with Crippen LogP contribution in [0.2, 0.25) is 0 Å². The van der Waals surface area contributed by atoms with E-state index in [1.54, 1.807) is 0 Å². The van der Waals surface area contributed by atoms with E-state index in [2.05, 4.69) is 21.4 Å². The van der Waals surface area contributed by atoms with Crippen molar-refractivity contribution in [2.45, 2.75) is 25.8 Å². The normalized spacial score (nSPS) is 17.4. The van der Waals surface area contributed by atoms with Crippen LogP contribution >= 0.6 is 0 Å². The average molecular weight is 413 g/mol. The molecule has 1 fully saturated rings. The van der Waals surface area contributed by atoms with Crippen molar-refractivity contribution in [2.75, 3.05) is 31.1 Å². The molecule has 156 valence electrons. The highest BCUT2D eigenvalue weighted by Gasteiger charge is 2.31. The third kappa shape index (κ3) is 3.17. The lowest BCUT2D eigenvalue weighted by Gasteiger charge is -2.37. The summed E-state index contributed by atoms with van der Waals surface area (Å²) in [6.45, 7) is 2.97. The molecule has 1 aromatic carbocycles. The monoisotopic (exact) mass is 413 g/mol. The molecule has 0 atom stereocenters. The SMILES string of the molecule is N#Cc1c2c(c(N3CCC(C#N)CC3)n3c1nc1ccccc13)CN(CC(N)=O)CC2. The number of benzene rings is 1. The summed E-state index contributed by atoms with van der Waals surface area (Å²) in [5, 5.41) is 19.4. The standard InChI is InChI=1S/C23H23N7O/c24-11-15-5-9-29(10-6-15)23-18-13-28(14-21(26)31)8-7-16(18)17(12-25)22-27-19-3-1-2-4-20(19)30(22)23/h1-4,15H,5-10,13-14H2,(H2,26,31). The zero-order chi connectivity index (χ0) is 21.5. The van der Waals surface area contributed by atoms with Crippen LogP contribution in [0.5, 0.6) is 0 Å². The Bertz CT molecular complexity index is 1270. The lowest BCUT2D eigenvalue weighted by atomic mass is 9.93. The number of piperidine rings is 1. The Kier molecular flexibility index (Phi) is 4.72. The van der Waals surface area contributed by atoms with Crippen LogP contribution in [0.4, 0.5) is 5.82 Å². The molecule has 0 saturated carbocycles. The first-order valence-corrected chi connectivity index (χ1v) is 10.6. The second-order valence-electron chi connectivity index (χ2n) is 8.34. The maximum atomic E-state index is 11.6. The minimum Gasteiger partial charge on any atom is -0.369 e. The molecule has 5 rings (SSSR count). The van der Waals surface area contributed by atoms with Crippen molar-refractivity contribution in [1.29, 1.82) is 10.5 Å². The maximum Gasteiger partial charge on any atom is 0.231 e. The maximum absolute atomic E-state index is 11.6. The van der Waals surface area contributed by atoms with E-state index in [1.165, 1.54) is 0 Å². The Hall–Kier alpha value is -3.62. The topological polar surface area (TPSA) is 114 Å². The minimum atomic E-state index is -0.352. The highest BCUT2D eigenvalue weighted by Crippen LogP contribution is 2.37. The van der Waals surface area contributed by atoms with E-state index in [0.717, 1.165) is 53.9 Å². The van der Waals surface area contributed by atoms with Gasteiger partial charge in [-0.05, 0) is 37.0 Å². The van der Waals surface area contributed by atoms with Gasteiger partial charge in [0.15, 0.2) is 5.65 Å². The predicted molar refractivity (Wildman–Crippen MR) is 116 cm³/mol. The lowest BCUT2D eigenvalue weighted by molar-refractivity contribution is -0.119. The van der Waals surface area contributed by atoms with Crippen LogP contribution in [0.15, 0.2) is 24.3 Å². The number of imidazole rings is 1. The third-order valence-corrected chi connectivity index (χ3v) is 6.46. The van der Waals surface area contributed by atoms with Gasteiger partial charge < -0.3 is 10.6 Å². The number of rotatable bonds is 3. The van der Waals surface area contributed by atoms with Gasteiger partial charge in [-0.2, -0.15) is 10.5 Å². The molecule has 0 unspecified atom stereocenters. The van der Waals surface area contributed by atoms with Gasteiger partial charge in [-0.1, -0.05) is 12.1 Å². The Morgan fingerprint density at radius 1 is 1.16 bits per heavy atom. The van der Waals surface area contributed by atoms with Gasteiger partial charge in [0.2, 0.25) is 5.91 Å². The number of anilines is 1. The van der Waals surface area contributed by atoms with Crippen LogP contribution in [-0.2, 0) is 17.8 Å². The van der Waals surface area contributed by atoms with E-state index >= 15 is 0 Å². The fraction of sp³-hybridized carbons (Fsp3) is 0.391. The van der Waals surface area contributed by atoms with Gasteiger partial charge in [0.25, 0.3) is 0 Å². The van der Waals surface area contributed by atoms with E-state index in [1.807, 2.05) is 29.2 Å².